The van der Waals surface area contributed by atoms with Crippen molar-refractivity contribution in [3.8, 4) is 5.75 Å². The highest BCUT2D eigenvalue weighted by Gasteiger charge is 2.15. The van der Waals surface area contributed by atoms with E-state index in [1.54, 1.807) is 41.8 Å². The fourth-order valence-electron chi connectivity index (χ4n) is 2.17. The molecule has 0 fully saturated rings. The Morgan fingerprint density at radius 2 is 2.05 bits per heavy atom. The molecular weight excluding hydrogens is 280 g/mol. The number of aromatic hydroxyl groups is 1. The summed E-state index contributed by atoms with van der Waals surface area (Å²) in [5, 5.41) is 13.1. The van der Waals surface area contributed by atoms with E-state index in [1.165, 1.54) is 6.21 Å². The van der Waals surface area contributed by atoms with Gasteiger partial charge in [0.15, 0.2) is 0 Å². The number of nitrogens with one attached hydrogen (secondary N) is 1. The van der Waals surface area contributed by atoms with Crippen LogP contribution in [0.25, 0.3) is 5.65 Å². The van der Waals surface area contributed by atoms with Crippen molar-refractivity contribution in [3.05, 3.63) is 65.6 Å². The van der Waals surface area contributed by atoms with E-state index in [0.717, 1.165) is 5.56 Å². The minimum Gasteiger partial charge on any atom is -0.508 e. The van der Waals surface area contributed by atoms with Gasteiger partial charge in [0, 0.05) is 6.20 Å². The van der Waals surface area contributed by atoms with Gasteiger partial charge < -0.3 is 5.11 Å². The van der Waals surface area contributed by atoms with Gasteiger partial charge in [-0.2, -0.15) is 5.10 Å². The van der Waals surface area contributed by atoms with Crippen LogP contribution in [0, 0.1) is 6.92 Å². The Kier molecular flexibility index (Phi) is 3.57. The van der Waals surface area contributed by atoms with E-state index in [0.29, 0.717) is 17.0 Å². The van der Waals surface area contributed by atoms with Crippen molar-refractivity contribution in [2.24, 2.45) is 5.10 Å². The fraction of sp³-hybridized carbons (Fsp3) is 0.0625. The summed E-state index contributed by atoms with van der Waals surface area (Å²) in [7, 11) is 0. The molecule has 0 spiro atoms. The molecule has 0 aliphatic heterocycles. The van der Waals surface area contributed by atoms with E-state index in [4.69, 9.17) is 0 Å². The van der Waals surface area contributed by atoms with Gasteiger partial charge in [-0.05, 0) is 48.9 Å². The number of aryl methyl sites for hydroxylation is 1. The Labute approximate surface area is 126 Å². The Hall–Kier alpha value is -3.15. The second-order valence-electron chi connectivity index (χ2n) is 4.77. The Morgan fingerprint density at radius 1 is 1.27 bits per heavy atom. The van der Waals surface area contributed by atoms with E-state index in [-0.39, 0.29) is 11.7 Å². The number of amides is 1. The van der Waals surface area contributed by atoms with Crippen LogP contribution < -0.4 is 5.43 Å². The highest BCUT2D eigenvalue weighted by Crippen LogP contribution is 2.11. The third-order valence-electron chi connectivity index (χ3n) is 3.19. The van der Waals surface area contributed by atoms with E-state index >= 15 is 0 Å². The highest BCUT2D eigenvalue weighted by atomic mass is 16.3. The topological polar surface area (TPSA) is 79.0 Å². The minimum absolute atomic E-state index is 0.183. The van der Waals surface area contributed by atoms with Crippen LogP contribution in [-0.2, 0) is 0 Å². The van der Waals surface area contributed by atoms with Gasteiger partial charge in [-0.3, -0.25) is 9.20 Å². The Morgan fingerprint density at radius 3 is 2.82 bits per heavy atom. The number of phenols is 1. The van der Waals surface area contributed by atoms with Crippen LogP contribution in [-0.4, -0.2) is 26.6 Å². The smallest absolute Gasteiger partial charge is 0.290 e. The number of nitrogens with zero attached hydrogens (tertiary/aromatic N) is 3. The molecule has 3 aromatic rings. The summed E-state index contributed by atoms with van der Waals surface area (Å²) < 4.78 is 1.72. The van der Waals surface area contributed by atoms with Crippen LogP contribution in [0.3, 0.4) is 0 Å². The molecule has 2 N–H and O–H groups in total. The molecule has 0 atom stereocenters. The maximum Gasteiger partial charge on any atom is 0.290 e. The van der Waals surface area contributed by atoms with Crippen molar-refractivity contribution in [2.75, 3.05) is 0 Å². The summed E-state index contributed by atoms with van der Waals surface area (Å²) >= 11 is 0. The first-order valence-electron chi connectivity index (χ1n) is 6.71. The summed E-state index contributed by atoms with van der Waals surface area (Å²) in [5.74, 6) is -0.145. The van der Waals surface area contributed by atoms with Gasteiger partial charge in [-0.25, -0.2) is 10.4 Å². The number of hydrazone groups is 1. The molecular formula is C16H14N4O2. The number of carbonyl (C=O) groups is 1. The number of phenolic OH excluding ortho intramolecular Hbond substituents is 1. The van der Waals surface area contributed by atoms with Gasteiger partial charge in [-0.1, -0.05) is 6.07 Å². The predicted molar refractivity (Wildman–Crippen MR) is 83.1 cm³/mol. The molecule has 22 heavy (non-hydrogen) atoms. The molecule has 2 aromatic heterocycles. The second kappa shape index (κ2) is 5.69. The average Bonchev–Trinajstić information content (AvgIpc) is 2.85. The van der Waals surface area contributed by atoms with Gasteiger partial charge in [0.1, 0.15) is 17.1 Å². The van der Waals surface area contributed by atoms with Crippen molar-refractivity contribution in [2.45, 2.75) is 6.92 Å². The minimum atomic E-state index is -0.328. The monoisotopic (exact) mass is 294 g/mol. The van der Waals surface area contributed by atoms with Gasteiger partial charge in [-0.15, -0.1) is 0 Å². The molecule has 0 aliphatic rings. The lowest BCUT2D eigenvalue weighted by Crippen LogP contribution is -2.20. The normalized spacial score (nSPS) is 11.1. The number of fused-ring (bicyclic) bond motifs is 1. The molecule has 110 valence electrons. The molecule has 0 saturated heterocycles. The maximum absolute atomic E-state index is 12.3. The summed E-state index contributed by atoms with van der Waals surface area (Å²) in [6.45, 7) is 1.78. The fourth-order valence-corrected chi connectivity index (χ4v) is 2.17. The zero-order chi connectivity index (χ0) is 15.5. The second-order valence-corrected chi connectivity index (χ2v) is 4.77. The first-order chi connectivity index (χ1) is 10.6. The number of hydrogen-bond acceptors (Lipinski definition) is 4. The van der Waals surface area contributed by atoms with Crippen LogP contribution in [0.4, 0.5) is 0 Å². The molecule has 1 aromatic carbocycles. The van der Waals surface area contributed by atoms with Crippen LogP contribution in [0.2, 0.25) is 0 Å². The van der Waals surface area contributed by atoms with Gasteiger partial charge in [0.25, 0.3) is 5.91 Å². The molecule has 0 radical (unpaired) electrons. The molecule has 2 heterocycles. The molecule has 0 unspecified atom stereocenters. The zero-order valence-electron chi connectivity index (χ0n) is 11.9. The zero-order valence-corrected chi connectivity index (χ0v) is 11.9. The van der Waals surface area contributed by atoms with Crippen LogP contribution in [0.15, 0.2) is 53.8 Å². The van der Waals surface area contributed by atoms with Gasteiger partial charge >= 0.3 is 0 Å². The van der Waals surface area contributed by atoms with Crippen LogP contribution in [0.5, 0.6) is 5.75 Å². The third kappa shape index (κ3) is 2.67. The molecule has 3 rings (SSSR count). The lowest BCUT2D eigenvalue weighted by atomic mass is 10.2. The summed E-state index contributed by atoms with van der Waals surface area (Å²) in [5.41, 5.74) is 5.07. The van der Waals surface area contributed by atoms with E-state index in [9.17, 15) is 9.90 Å². The number of imidazole rings is 1. The number of pyridine rings is 1. The first kappa shape index (κ1) is 13.8. The van der Waals surface area contributed by atoms with Crippen molar-refractivity contribution < 1.29 is 9.90 Å². The first-order valence-corrected chi connectivity index (χ1v) is 6.71. The molecule has 0 saturated carbocycles. The Balaban J connectivity index is 1.79. The van der Waals surface area contributed by atoms with Crippen molar-refractivity contribution >= 4 is 17.8 Å². The van der Waals surface area contributed by atoms with E-state index < -0.39 is 0 Å². The molecule has 6 nitrogen and oxygen atoms in total. The largest absolute Gasteiger partial charge is 0.508 e. The van der Waals surface area contributed by atoms with E-state index in [1.807, 2.05) is 18.2 Å². The van der Waals surface area contributed by atoms with Crippen LogP contribution >= 0.6 is 0 Å². The number of benzene rings is 1. The van der Waals surface area contributed by atoms with Gasteiger partial charge in [0.05, 0.1) is 11.9 Å². The summed E-state index contributed by atoms with van der Waals surface area (Å²) in [6.07, 6.45) is 3.30. The van der Waals surface area contributed by atoms with Crippen LogP contribution in [0.1, 0.15) is 21.7 Å². The van der Waals surface area contributed by atoms with Gasteiger partial charge in [0.2, 0.25) is 0 Å². The standard InChI is InChI=1S/C16H14N4O2/c1-11-15(20-9-3-2-4-14(20)18-11)16(22)19-17-10-12-5-7-13(21)8-6-12/h2-10,21H,1H3,(H,19,22)/b17-10-. The van der Waals surface area contributed by atoms with Crippen molar-refractivity contribution in [1.82, 2.24) is 14.8 Å². The maximum atomic E-state index is 12.3. The lowest BCUT2D eigenvalue weighted by molar-refractivity contribution is 0.0948. The summed E-state index contributed by atoms with van der Waals surface area (Å²) in [6, 6.07) is 12.0. The number of rotatable bonds is 3. The predicted octanol–water partition coefficient (Wildman–Crippen LogP) is 2.11. The number of carbonyl (C=O) groups excluding carboxylic acids is 1. The SMILES string of the molecule is Cc1nc2ccccn2c1C(=O)N/N=C\c1ccc(O)cc1. The van der Waals surface area contributed by atoms with E-state index in [2.05, 4.69) is 15.5 Å². The molecule has 6 heteroatoms. The quantitative estimate of drug-likeness (QED) is 0.573. The Bertz CT molecular complexity index is 850. The highest BCUT2D eigenvalue weighted by molar-refractivity contribution is 5.95. The lowest BCUT2D eigenvalue weighted by Gasteiger charge is -2.01. The van der Waals surface area contributed by atoms with Crippen molar-refractivity contribution in [3.63, 3.8) is 0 Å². The summed E-state index contributed by atoms with van der Waals surface area (Å²) in [4.78, 5) is 16.6. The molecule has 0 aliphatic carbocycles. The number of hydrogen-bond donors (Lipinski definition) is 2. The van der Waals surface area contributed by atoms with Crippen molar-refractivity contribution in [1.29, 1.82) is 0 Å². The molecule has 0 bridgehead atoms. The molecule has 1 amide bonds. The number of aromatic nitrogens is 2. The average molecular weight is 294 g/mol. The third-order valence-corrected chi connectivity index (χ3v) is 3.19.